The Balaban J connectivity index is 1.70. The molecule has 0 N–H and O–H groups in total. The largest absolute Gasteiger partial charge is 0.330 e. The van der Waals surface area contributed by atoms with E-state index in [4.69, 9.17) is 23.2 Å². The van der Waals surface area contributed by atoms with E-state index in [1.807, 2.05) is 18.4 Å². The Hall–Kier alpha value is -1.97. The van der Waals surface area contributed by atoms with Gasteiger partial charge in [-0.2, -0.15) is 4.31 Å². The first-order chi connectivity index (χ1) is 16.6. The summed E-state index contributed by atoms with van der Waals surface area (Å²) in [6.07, 6.45) is 1.17. The lowest BCUT2D eigenvalue weighted by molar-refractivity contribution is -0.133. The number of halogens is 3. The summed E-state index contributed by atoms with van der Waals surface area (Å²) >= 11 is 13.9. The average molecular weight is 556 g/mol. The van der Waals surface area contributed by atoms with Crippen LogP contribution < -0.4 is 0 Å². The molecule has 2 atom stereocenters. The van der Waals surface area contributed by atoms with Gasteiger partial charge in [0.1, 0.15) is 10.7 Å². The zero-order valence-corrected chi connectivity index (χ0v) is 22.4. The summed E-state index contributed by atoms with van der Waals surface area (Å²) < 4.78 is 42.1. The minimum absolute atomic E-state index is 0.0419. The maximum atomic E-state index is 13.7. The molecular formula is C25H25Cl2FN2O3S2. The van der Waals surface area contributed by atoms with Gasteiger partial charge in [-0.15, -0.1) is 11.3 Å². The molecule has 0 radical (unpaired) electrons. The molecular weight excluding hydrogens is 530 g/mol. The zero-order chi connectivity index (χ0) is 25.3. The van der Waals surface area contributed by atoms with Gasteiger partial charge in [0.25, 0.3) is 0 Å². The zero-order valence-electron chi connectivity index (χ0n) is 19.2. The first kappa shape index (κ1) is 26.1. The molecule has 186 valence electrons. The molecule has 2 unspecified atom stereocenters. The van der Waals surface area contributed by atoms with Gasteiger partial charge in [0.2, 0.25) is 15.9 Å². The monoisotopic (exact) mass is 554 g/mol. The normalized spacial score (nSPS) is 16.9. The number of amides is 1. The third kappa shape index (κ3) is 5.27. The number of rotatable bonds is 7. The van der Waals surface area contributed by atoms with E-state index < -0.39 is 22.1 Å². The Morgan fingerprint density at radius 1 is 1.20 bits per heavy atom. The minimum Gasteiger partial charge on any atom is -0.330 e. The van der Waals surface area contributed by atoms with Crippen LogP contribution in [0.15, 0.2) is 58.8 Å². The highest BCUT2D eigenvalue weighted by atomic mass is 35.5. The summed E-state index contributed by atoms with van der Waals surface area (Å²) in [6, 6.07) is 11.4. The number of benzene rings is 2. The van der Waals surface area contributed by atoms with Crippen LogP contribution in [0.5, 0.6) is 0 Å². The molecule has 35 heavy (non-hydrogen) atoms. The number of nitrogens with zero attached hydrogens (tertiary/aromatic N) is 2. The second kappa shape index (κ2) is 10.6. The van der Waals surface area contributed by atoms with Crippen molar-refractivity contribution in [3.63, 3.8) is 0 Å². The Morgan fingerprint density at radius 3 is 2.60 bits per heavy atom. The van der Waals surface area contributed by atoms with E-state index in [2.05, 4.69) is 0 Å². The highest BCUT2D eigenvalue weighted by Crippen LogP contribution is 2.38. The number of carbonyl (C=O) groups is 1. The van der Waals surface area contributed by atoms with Gasteiger partial charge in [-0.05, 0) is 72.7 Å². The van der Waals surface area contributed by atoms with Crippen molar-refractivity contribution in [1.29, 1.82) is 0 Å². The third-order valence-corrected chi connectivity index (χ3v) is 10.00. The van der Waals surface area contributed by atoms with Crippen LogP contribution in [0, 0.1) is 5.82 Å². The molecule has 1 aliphatic rings. The van der Waals surface area contributed by atoms with Crippen LogP contribution in [-0.2, 0) is 21.2 Å². The van der Waals surface area contributed by atoms with E-state index in [-0.39, 0.29) is 33.2 Å². The van der Waals surface area contributed by atoms with Crippen molar-refractivity contribution in [3.05, 3.63) is 85.8 Å². The quantitative estimate of drug-likeness (QED) is 0.351. The molecule has 0 fully saturated rings. The fourth-order valence-electron chi connectivity index (χ4n) is 4.30. The molecule has 0 spiro atoms. The van der Waals surface area contributed by atoms with Gasteiger partial charge in [0.05, 0.1) is 17.6 Å². The summed E-state index contributed by atoms with van der Waals surface area (Å²) in [5.74, 6) is -0.696. The summed E-state index contributed by atoms with van der Waals surface area (Å²) in [5, 5.41) is 2.26. The van der Waals surface area contributed by atoms with Crippen molar-refractivity contribution in [1.82, 2.24) is 9.21 Å². The van der Waals surface area contributed by atoms with Crippen LogP contribution in [0.1, 0.15) is 42.3 Å². The summed E-state index contributed by atoms with van der Waals surface area (Å²) in [4.78, 5) is 16.5. The second-order valence-corrected chi connectivity index (χ2v) is 12.2. The Bertz CT molecular complexity index is 1330. The van der Waals surface area contributed by atoms with Gasteiger partial charge in [0.15, 0.2) is 0 Å². The molecule has 3 aromatic rings. The van der Waals surface area contributed by atoms with E-state index in [9.17, 15) is 17.6 Å². The molecule has 10 heteroatoms. The number of sulfonamides is 1. The molecule has 0 saturated heterocycles. The first-order valence-electron chi connectivity index (χ1n) is 11.2. The predicted octanol–water partition coefficient (Wildman–Crippen LogP) is 6.16. The van der Waals surface area contributed by atoms with Crippen molar-refractivity contribution >= 4 is 50.5 Å². The first-order valence-corrected chi connectivity index (χ1v) is 14.3. The number of fused-ring (bicyclic) bond motifs is 1. The van der Waals surface area contributed by atoms with E-state index in [0.29, 0.717) is 19.4 Å². The predicted molar refractivity (Wildman–Crippen MR) is 138 cm³/mol. The molecule has 4 rings (SSSR count). The van der Waals surface area contributed by atoms with E-state index in [1.165, 1.54) is 39.5 Å². The minimum atomic E-state index is -4.11. The van der Waals surface area contributed by atoms with Crippen LogP contribution in [-0.4, -0.2) is 42.7 Å². The summed E-state index contributed by atoms with van der Waals surface area (Å²) in [5.41, 5.74) is 1.76. The van der Waals surface area contributed by atoms with E-state index in [0.717, 1.165) is 11.1 Å². The second-order valence-electron chi connectivity index (χ2n) is 8.47. The lowest BCUT2D eigenvalue weighted by atomic mass is 9.93. The number of hydrogen-bond acceptors (Lipinski definition) is 4. The Labute approximate surface area is 219 Å². The fourth-order valence-corrected chi connectivity index (χ4v) is 7.59. The van der Waals surface area contributed by atoms with Crippen LogP contribution in [0.4, 0.5) is 4.39 Å². The van der Waals surface area contributed by atoms with Crippen LogP contribution in [0.3, 0.4) is 0 Å². The molecule has 1 aromatic heterocycles. The topological polar surface area (TPSA) is 57.7 Å². The molecule has 1 amide bonds. The van der Waals surface area contributed by atoms with E-state index >= 15 is 0 Å². The summed E-state index contributed by atoms with van der Waals surface area (Å²) in [7, 11) is -4.11. The number of thiophene rings is 1. The molecule has 2 aromatic carbocycles. The fraction of sp³-hybridized carbons (Fsp3) is 0.320. The van der Waals surface area contributed by atoms with Gasteiger partial charge in [0, 0.05) is 22.5 Å². The summed E-state index contributed by atoms with van der Waals surface area (Å²) in [6.45, 7) is 3.70. The smallest absolute Gasteiger partial charge is 0.245 e. The van der Waals surface area contributed by atoms with Gasteiger partial charge in [-0.25, -0.2) is 12.8 Å². The SMILES string of the molecule is CCC(C)N(CC(=O)N1CCc2sccc2C1c1ccc(F)cc1)S(=O)(=O)c1cc(Cl)ccc1Cl. The van der Waals surface area contributed by atoms with Gasteiger partial charge < -0.3 is 4.90 Å². The van der Waals surface area contributed by atoms with Crippen LogP contribution in [0.2, 0.25) is 10.0 Å². The molecule has 0 saturated carbocycles. The van der Waals surface area contributed by atoms with E-state index in [1.54, 1.807) is 35.3 Å². The van der Waals surface area contributed by atoms with Gasteiger partial charge in [-0.1, -0.05) is 42.3 Å². The molecule has 0 bridgehead atoms. The van der Waals surface area contributed by atoms with Crippen molar-refractivity contribution in [2.75, 3.05) is 13.1 Å². The third-order valence-electron chi connectivity index (χ3n) is 6.33. The van der Waals surface area contributed by atoms with Crippen molar-refractivity contribution < 1.29 is 17.6 Å². The van der Waals surface area contributed by atoms with Gasteiger partial charge in [-0.3, -0.25) is 4.79 Å². The Morgan fingerprint density at radius 2 is 1.91 bits per heavy atom. The Kier molecular flexibility index (Phi) is 7.88. The standard InChI is InChI=1S/C25H25Cl2FN2O3S2/c1-3-16(2)30(35(32,33)23-14-18(26)6-9-21(23)27)15-24(31)29-12-10-22-20(11-13-34-22)25(29)17-4-7-19(28)8-5-17/h4-9,11,13-14,16,25H,3,10,12,15H2,1-2H3. The highest BCUT2D eigenvalue weighted by molar-refractivity contribution is 7.89. The lowest BCUT2D eigenvalue weighted by Gasteiger charge is -2.38. The maximum absolute atomic E-state index is 13.7. The molecule has 0 aliphatic carbocycles. The van der Waals surface area contributed by atoms with Crippen LogP contribution >= 0.6 is 34.5 Å². The number of carbonyl (C=O) groups excluding carboxylic acids is 1. The van der Waals surface area contributed by atoms with Crippen molar-refractivity contribution in [2.45, 2.75) is 43.7 Å². The maximum Gasteiger partial charge on any atom is 0.245 e. The number of hydrogen-bond donors (Lipinski definition) is 0. The van der Waals surface area contributed by atoms with Gasteiger partial charge >= 0.3 is 0 Å². The average Bonchev–Trinajstić information content (AvgIpc) is 3.32. The van der Waals surface area contributed by atoms with Crippen molar-refractivity contribution in [2.24, 2.45) is 0 Å². The lowest BCUT2D eigenvalue weighted by Crippen LogP contribution is -2.49. The van der Waals surface area contributed by atoms with Crippen LogP contribution in [0.25, 0.3) is 0 Å². The molecule has 2 heterocycles. The van der Waals surface area contributed by atoms with Crippen molar-refractivity contribution in [3.8, 4) is 0 Å². The highest BCUT2D eigenvalue weighted by Gasteiger charge is 2.37. The molecule has 1 aliphatic heterocycles. The molecule has 5 nitrogen and oxygen atoms in total.